The summed E-state index contributed by atoms with van der Waals surface area (Å²) in [7, 11) is 0. The van der Waals surface area contributed by atoms with E-state index in [9.17, 15) is 0 Å². The Balaban J connectivity index is 3.79. The average molecular weight is 98.1 g/mol. The Hall–Kier alpha value is -0.560. The topological polar surface area (TPSA) is 20.2 Å². The molecule has 0 saturated heterocycles. The van der Waals surface area contributed by atoms with Crippen LogP contribution < -0.4 is 0 Å². The summed E-state index contributed by atoms with van der Waals surface area (Å²) in [4.78, 5) is 0. The van der Waals surface area contributed by atoms with E-state index in [4.69, 9.17) is 5.11 Å². The van der Waals surface area contributed by atoms with Gasteiger partial charge in [-0.3, -0.25) is 0 Å². The van der Waals surface area contributed by atoms with Gasteiger partial charge in [-0.1, -0.05) is 0 Å². The molecular weight excluding hydrogens is 88.1 g/mol. The van der Waals surface area contributed by atoms with E-state index >= 15 is 0 Å². The van der Waals surface area contributed by atoms with Gasteiger partial charge >= 0.3 is 0 Å². The highest BCUT2D eigenvalue weighted by molar-refractivity contribution is 5.14. The third kappa shape index (κ3) is 2.18. The lowest BCUT2D eigenvalue weighted by Crippen LogP contribution is -2.19. The van der Waals surface area contributed by atoms with Crippen LogP contribution in [-0.2, 0) is 0 Å². The lowest BCUT2D eigenvalue weighted by Gasteiger charge is -2.00. The molecule has 0 aromatic carbocycles. The Morgan fingerprint density at radius 1 is 1.86 bits per heavy atom. The average Bonchev–Trinajstić information content (AvgIpc) is 1.31. The molecule has 1 heteroatoms. The molecule has 1 unspecified atom stereocenters. The maximum atomic E-state index is 8.82. The smallest absolute Gasteiger partial charge is 0.261 e. The van der Waals surface area contributed by atoms with Gasteiger partial charge in [0, 0.05) is 20.4 Å². The Bertz CT molecular complexity index is 76.7. The Labute approximate surface area is 44.7 Å². The first-order chi connectivity index (χ1) is 2.94. The molecule has 0 spiro atoms. The number of rotatable bonds is 1. The van der Waals surface area contributed by atoms with E-state index in [1.807, 2.05) is 0 Å². The van der Waals surface area contributed by atoms with Crippen LogP contribution in [0.25, 0.3) is 0 Å². The van der Waals surface area contributed by atoms with Crippen LogP contribution in [0.4, 0.5) is 0 Å². The summed E-state index contributed by atoms with van der Waals surface area (Å²) < 4.78 is 0. The largest absolute Gasteiger partial charge is 0.345 e. The van der Waals surface area contributed by atoms with Gasteiger partial charge in [-0.05, 0) is 0 Å². The fourth-order valence-corrected chi connectivity index (χ4v) is 0. The Morgan fingerprint density at radius 2 is 2.00 bits per heavy atom. The summed E-state index contributed by atoms with van der Waals surface area (Å²) in [5, 5.41) is 8.82. The molecule has 0 rings (SSSR count). The first kappa shape index (κ1) is 6.44. The molecular formula is C6H10O+2. The molecule has 0 heterocycles. The van der Waals surface area contributed by atoms with Crippen LogP contribution in [0.5, 0.6) is 0 Å². The highest BCUT2D eigenvalue weighted by atomic mass is 16.3. The summed E-state index contributed by atoms with van der Waals surface area (Å²) in [6.45, 7) is 11.7. The van der Waals surface area contributed by atoms with Crippen LogP contribution in [0.1, 0.15) is 6.92 Å². The molecule has 0 aliphatic heterocycles. The van der Waals surface area contributed by atoms with Crippen LogP contribution in [0.15, 0.2) is 12.2 Å². The Morgan fingerprint density at radius 3 is 2.00 bits per heavy atom. The summed E-state index contributed by atoms with van der Waals surface area (Å²) in [6, 6.07) is 0. The van der Waals surface area contributed by atoms with Gasteiger partial charge in [-0.25, -0.2) is 0 Å². The summed E-state index contributed by atoms with van der Waals surface area (Å²) in [5.74, 6) is 0. The molecule has 0 fully saturated rings. The van der Waals surface area contributed by atoms with Crippen molar-refractivity contribution in [3.05, 3.63) is 26.0 Å². The monoisotopic (exact) mass is 98.1 g/mol. The van der Waals surface area contributed by atoms with Crippen molar-refractivity contribution in [3.63, 3.8) is 0 Å². The van der Waals surface area contributed by atoms with Gasteiger partial charge in [0.05, 0.1) is 0 Å². The first-order valence-corrected chi connectivity index (χ1v) is 2.03. The second kappa shape index (κ2) is 1.51. The quantitative estimate of drug-likeness (QED) is 0.484. The highest BCUT2D eigenvalue weighted by Gasteiger charge is 2.26. The van der Waals surface area contributed by atoms with E-state index in [2.05, 4.69) is 20.4 Å². The van der Waals surface area contributed by atoms with Crippen molar-refractivity contribution in [3.8, 4) is 0 Å². The van der Waals surface area contributed by atoms with Gasteiger partial charge in [0.1, 0.15) is 6.92 Å². The van der Waals surface area contributed by atoms with Crippen molar-refractivity contribution in [1.29, 1.82) is 0 Å². The molecule has 1 N–H and O–H groups in total. The summed E-state index contributed by atoms with van der Waals surface area (Å²) in [5.41, 5.74) is -0.618. The minimum atomic E-state index is -1.06. The molecule has 0 bridgehead atoms. The second-order valence-corrected chi connectivity index (χ2v) is 1.88. The van der Waals surface area contributed by atoms with Crippen molar-refractivity contribution in [2.45, 2.75) is 12.5 Å². The normalized spacial score (nSPS) is 18.0. The standard InChI is InChI=1S/C6H10O/c1-5(2)6(3,4)7/h7H,1-3H2,4H3/q+2. The molecule has 0 aromatic rings. The molecule has 0 radical (unpaired) electrons. The zero-order valence-corrected chi connectivity index (χ0v) is 4.57. The third-order valence-electron chi connectivity index (χ3n) is 0.762. The van der Waals surface area contributed by atoms with E-state index in [0.29, 0.717) is 5.57 Å². The second-order valence-electron chi connectivity index (χ2n) is 1.88. The van der Waals surface area contributed by atoms with Crippen LogP contribution in [0, 0.1) is 13.8 Å². The van der Waals surface area contributed by atoms with Gasteiger partial charge < -0.3 is 5.11 Å². The molecule has 7 heavy (non-hydrogen) atoms. The van der Waals surface area contributed by atoms with Crippen molar-refractivity contribution in [2.24, 2.45) is 0 Å². The molecule has 0 aromatic heterocycles. The lowest BCUT2D eigenvalue weighted by atomic mass is 10.0. The molecule has 1 atom stereocenters. The van der Waals surface area contributed by atoms with E-state index < -0.39 is 5.60 Å². The van der Waals surface area contributed by atoms with Crippen LogP contribution >= 0.6 is 0 Å². The minimum absolute atomic E-state index is 0.438. The maximum Gasteiger partial charge on any atom is 0.261 e. The van der Waals surface area contributed by atoms with Crippen molar-refractivity contribution in [2.75, 3.05) is 0 Å². The number of hydrogen-bond acceptors (Lipinski definition) is 1. The molecule has 0 amide bonds. The SMILES string of the molecule is C=C([CH2+])C([CH2+])(C)O. The van der Waals surface area contributed by atoms with Crippen molar-refractivity contribution in [1.82, 2.24) is 0 Å². The zero-order valence-electron chi connectivity index (χ0n) is 4.57. The van der Waals surface area contributed by atoms with Crippen molar-refractivity contribution >= 4 is 0 Å². The zero-order chi connectivity index (χ0) is 6.08. The Kier molecular flexibility index (Phi) is 1.39. The number of aliphatic hydroxyl groups is 1. The molecule has 1 nitrogen and oxygen atoms in total. The predicted octanol–water partition coefficient (Wildman–Crippen LogP) is 0.962. The van der Waals surface area contributed by atoms with E-state index in [0.717, 1.165) is 0 Å². The molecule has 0 aliphatic carbocycles. The molecule has 38 valence electrons. The van der Waals surface area contributed by atoms with Gasteiger partial charge in [-0.15, -0.1) is 0 Å². The van der Waals surface area contributed by atoms with E-state index in [1.54, 1.807) is 6.92 Å². The highest BCUT2D eigenvalue weighted by Crippen LogP contribution is 2.09. The lowest BCUT2D eigenvalue weighted by molar-refractivity contribution is 0.152. The van der Waals surface area contributed by atoms with Crippen LogP contribution in [0.2, 0.25) is 0 Å². The predicted molar refractivity (Wildman–Crippen MR) is 30.5 cm³/mol. The van der Waals surface area contributed by atoms with Gasteiger partial charge in [0.2, 0.25) is 0 Å². The van der Waals surface area contributed by atoms with Gasteiger partial charge in [0.15, 0.2) is 5.57 Å². The summed E-state index contributed by atoms with van der Waals surface area (Å²) in [6.07, 6.45) is 0. The fraction of sp³-hybridized carbons (Fsp3) is 0.333. The first-order valence-electron chi connectivity index (χ1n) is 2.03. The van der Waals surface area contributed by atoms with E-state index in [1.165, 1.54) is 0 Å². The van der Waals surface area contributed by atoms with E-state index in [-0.39, 0.29) is 0 Å². The third-order valence-corrected chi connectivity index (χ3v) is 0.762. The molecule has 0 aliphatic rings. The maximum absolute atomic E-state index is 8.82. The minimum Gasteiger partial charge on any atom is -0.345 e. The van der Waals surface area contributed by atoms with Gasteiger partial charge in [0.25, 0.3) is 5.60 Å². The fourth-order valence-electron chi connectivity index (χ4n) is 0. The van der Waals surface area contributed by atoms with Crippen LogP contribution in [-0.4, -0.2) is 10.7 Å². The molecule has 0 saturated carbocycles. The van der Waals surface area contributed by atoms with Gasteiger partial charge in [-0.2, -0.15) is 0 Å². The number of hydrogen-bond donors (Lipinski definition) is 1. The van der Waals surface area contributed by atoms with Crippen LogP contribution in [0.3, 0.4) is 0 Å². The van der Waals surface area contributed by atoms with Crippen molar-refractivity contribution < 1.29 is 5.11 Å². The summed E-state index contributed by atoms with van der Waals surface area (Å²) >= 11 is 0.